The Balaban J connectivity index is 2.36. The Morgan fingerprint density at radius 1 is 1.38 bits per heavy atom. The van der Waals surface area contributed by atoms with Gasteiger partial charge in [0.15, 0.2) is 0 Å². The number of amides is 1. The summed E-state index contributed by atoms with van der Waals surface area (Å²) in [6.45, 7) is 13.0. The van der Waals surface area contributed by atoms with E-state index in [1.807, 2.05) is 40.7 Å². The van der Waals surface area contributed by atoms with Gasteiger partial charge in [0.2, 0.25) is 0 Å². The van der Waals surface area contributed by atoms with Gasteiger partial charge in [0.25, 0.3) is 5.69 Å². The molecule has 0 radical (unpaired) electrons. The molecule has 1 fully saturated rings. The Morgan fingerprint density at radius 2 is 2.04 bits per heavy atom. The number of rotatable bonds is 3. The summed E-state index contributed by atoms with van der Waals surface area (Å²) in [6, 6.07) is 3.56. The zero-order valence-corrected chi connectivity index (χ0v) is 16.5. The van der Waals surface area contributed by atoms with Crippen LogP contribution in [0.4, 0.5) is 10.5 Å². The third-order valence-corrected chi connectivity index (χ3v) is 4.68. The minimum atomic E-state index is -0.569. The standard InChI is InChI=1S/C19H29N3O4/c1-13-9-15(14(2)16(10-13)22(24)25)11-19(6)12-20-7-8-21(19)17(23)26-18(3,4)5/h9-10,20H,7-8,11-12H2,1-6H3/t19-/m0/s1. The lowest BCUT2D eigenvalue weighted by Gasteiger charge is -2.45. The number of aryl methyl sites for hydroxylation is 1. The van der Waals surface area contributed by atoms with Crippen LogP contribution in [0, 0.1) is 24.0 Å². The van der Waals surface area contributed by atoms with E-state index in [9.17, 15) is 14.9 Å². The highest BCUT2D eigenvalue weighted by Gasteiger charge is 2.40. The molecule has 0 aromatic heterocycles. The fourth-order valence-corrected chi connectivity index (χ4v) is 3.40. The maximum absolute atomic E-state index is 12.7. The average Bonchev–Trinajstić information content (AvgIpc) is 2.48. The summed E-state index contributed by atoms with van der Waals surface area (Å²) < 4.78 is 5.58. The summed E-state index contributed by atoms with van der Waals surface area (Å²) in [7, 11) is 0. The van der Waals surface area contributed by atoms with E-state index in [2.05, 4.69) is 5.32 Å². The predicted molar refractivity (Wildman–Crippen MR) is 100 cm³/mol. The van der Waals surface area contributed by atoms with Crippen LogP contribution < -0.4 is 5.32 Å². The second-order valence-electron chi connectivity index (χ2n) is 8.31. The van der Waals surface area contributed by atoms with Gasteiger partial charge in [-0.15, -0.1) is 0 Å². The summed E-state index contributed by atoms with van der Waals surface area (Å²) >= 11 is 0. The molecule has 7 heteroatoms. The van der Waals surface area contributed by atoms with E-state index in [4.69, 9.17) is 4.74 Å². The van der Waals surface area contributed by atoms with Gasteiger partial charge in [-0.05, 0) is 59.1 Å². The van der Waals surface area contributed by atoms with Crippen LogP contribution in [0.3, 0.4) is 0 Å². The van der Waals surface area contributed by atoms with Crippen molar-refractivity contribution in [2.45, 2.75) is 59.1 Å². The van der Waals surface area contributed by atoms with Gasteiger partial charge in [-0.25, -0.2) is 4.79 Å². The SMILES string of the molecule is Cc1cc(C[C@@]2(C)CNCCN2C(=O)OC(C)(C)C)c(C)c([N+](=O)[O-])c1. The molecule has 26 heavy (non-hydrogen) atoms. The summed E-state index contributed by atoms with van der Waals surface area (Å²) in [5, 5.41) is 14.7. The fourth-order valence-electron chi connectivity index (χ4n) is 3.40. The molecule has 1 saturated heterocycles. The topological polar surface area (TPSA) is 84.7 Å². The van der Waals surface area contributed by atoms with Gasteiger partial charge < -0.3 is 10.1 Å². The minimum Gasteiger partial charge on any atom is -0.444 e. The molecule has 0 aliphatic carbocycles. The number of carbonyl (C=O) groups is 1. The van der Waals surface area contributed by atoms with Crippen LogP contribution in [0.25, 0.3) is 0 Å². The maximum atomic E-state index is 12.7. The Hall–Kier alpha value is -2.15. The highest BCUT2D eigenvalue weighted by atomic mass is 16.6. The molecule has 1 atom stereocenters. The minimum absolute atomic E-state index is 0.121. The number of nitrogens with zero attached hydrogens (tertiary/aromatic N) is 2. The zero-order valence-electron chi connectivity index (χ0n) is 16.5. The van der Waals surface area contributed by atoms with Crippen LogP contribution in [-0.4, -0.2) is 46.7 Å². The van der Waals surface area contributed by atoms with Crippen LogP contribution in [0.2, 0.25) is 0 Å². The summed E-state index contributed by atoms with van der Waals surface area (Å²) in [4.78, 5) is 25.5. The second kappa shape index (κ2) is 7.23. The molecule has 1 amide bonds. The molecular formula is C19H29N3O4. The smallest absolute Gasteiger partial charge is 0.410 e. The van der Waals surface area contributed by atoms with Crippen molar-refractivity contribution in [3.63, 3.8) is 0 Å². The van der Waals surface area contributed by atoms with Gasteiger partial charge in [-0.1, -0.05) is 6.07 Å². The number of carbonyl (C=O) groups excluding carboxylic acids is 1. The molecule has 0 saturated carbocycles. The highest BCUT2D eigenvalue weighted by molar-refractivity contribution is 5.69. The number of piperazine rings is 1. The molecule has 1 N–H and O–H groups in total. The maximum Gasteiger partial charge on any atom is 0.410 e. The normalized spacial score (nSPS) is 20.8. The number of nitrogens with one attached hydrogen (secondary N) is 1. The van der Waals surface area contributed by atoms with Crippen molar-refractivity contribution >= 4 is 11.8 Å². The van der Waals surface area contributed by atoms with E-state index in [1.165, 1.54) is 0 Å². The summed E-state index contributed by atoms with van der Waals surface area (Å²) in [6.07, 6.45) is 0.175. The number of ether oxygens (including phenoxy) is 1. The number of benzene rings is 1. The molecule has 1 aromatic rings. The number of hydrogen-bond acceptors (Lipinski definition) is 5. The van der Waals surface area contributed by atoms with Gasteiger partial charge in [0.1, 0.15) is 5.60 Å². The van der Waals surface area contributed by atoms with Gasteiger partial charge in [0, 0.05) is 31.3 Å². The van der Waals surface area contributed by atoms with Gasteiger partial charge >= 0.3 is 6.09 Å². The molecule has 2 rings (SSSR count). The molecule has 1 heterocycles. The molecule has 0 spiro atoms. The largest absolute Gasteiger partial charge is 0.444 e. The first kappa shape index (κ1) is 20.2. The quantitative estimate of drug-likeness (QED) is 0.657. The lowest BCUT2D eigenvalue weighted by atomic mass is 9.86. The van der Waals surface area contributed by atoms with Crippen LogP contribution in [0.15, 0.2) is 12.1 Å². The third kappa shape index (κ3) is 4.52. The molecule has 1 aromatic carbocycles. The monoisotopic (exact) mass is 363 g/mol. The van der Waals surface area contributed by atoms with Crippen LogP contribution in [0.5, 0.6) is 0 Å². The molecule has 0 bridgehead atoms. The molecule has 1 aliphatic rings. The fraction of sp³-hybridized carbons (Fsp3) is 0.632. The predicted octanol–water partition coefficient (Wildman–Crippen LogP) is 3.35. The first-order chi connectivity index (χ1) is 11.9. The molecule has 0 unspecified atom stereocenters. The first-order valence-corrected chi connectivity index (χ1v) is 8.89. The van der Waals surface area contributed by atoms with Gasteiger partial charge in [0.05, 0.1) is 10.5 Å². The van der Waals surface area contributed by atoms with Crippen LogP contribution >= 0.6 is 0 Å². The van der Waals surface area contributed by atoms with Crippen molar-refractivity contribution in [3.05, 3.63) is 38.9 Å². The Bertz CT molecular complexity index is 711. The van der Waals surface area contributed by atoms with Crippen molar-refractivity contribution in [3.8, 4) is 0 Å². The van der Waals surface area contributed by atoms with Crippen molar-refractivity contribution < 1.29 is 14.5 Å². The van der Waals surface area contributed by atoms with Gasteiger partial charge in [-0.3, -0.25) is 15.0 Å². The van der Waals surface area contributed by atoms with E-state index in [0.717, 1.165) is 11.1 Å². The average molecular weight is 363 g/mol. The lowest BCUT2D eigenvalue weighted by molar-refractivity contribution is -0.385. The van der Waals surface area contributed by atoms with Crippen molar-refractivity contribution in [2.24, 2.45) is 0 Å². The van der Waals surface area contributed by atoms with Crippen molar-refractivity contribution in [1.29, 1.82) is 0 Å². The van der Waals surface area contributed by atoms with E-state index in [1.54, 1.807) is 17.9 Å². The summed E-state index contributed by atoms with van der Waals surface area (Å²) in [5.74, 6) is 0. The lowest BCUT2D eigenvalue weighted by Crippen LogP contribution is -2.63. The van der Waals surface area contributed by atoms with Gasteiger partial charge in [-0.2, -0.15) is 0 Å². The van der Waals surface area contributed by atoms with E-state index >= 15 is 0 Å². The van der Waals surface area contributed by atoms with Crippen LogP contribution in [0.1, 0.15) is 44.4 Å². The second-order valence-corrected chi connectivity index (χ2v) is 8.31. The Kier molecular flexibility index (Phi) is 5.61. The summed E-state index contributed by atoms with van der Waals surface area (Å²) in [5.41, 5.74) is 1.41. The molecular weight excluding hydrogens is 334 g/mol. The Labute approximate surface area is 154 Å². The Morgan fingerprint density at radius 3 is 2.62 bits per heavy atom. The van der Waals surface area contributed by atoms with E-state index in [-0.39, 0.29) is 16.7 Å². The molecule has 1 aliphatic heterocycles. The zero-order chi connectivity index (χ0) is 19.7. The van der Waals surface area contributed by atoms with E-state index in [0.29, 0.717) is 31.6 Å². The first-order valence-electron chi connectivity index (χ1n) is 8.89. The van der Waals surface area contributed by atoms with Crippen molar-refractivity contribution in [2.75, 3.05) is 19.6 Å². The van der Waals surface area contributed by atoms with Crippen molar-refractivity contribution in [1.82, 2.24) is 10.2 Å². The third-order valence-electron chi connectivity index (χ3n) is 4.68. The highest BCUT2D eigenvalue weighted by Crippen LogP contribution is 2.30. The molecule has 144 valence electrons. The number of nitro groups is 1. The van der Waals surface area contributed by atoms with E-state index < -0.39 is 11.1 Å². The number of hydrogen-bond donors (Lipinski definition) is 1. The molecule has 7 nitrogen and oxygen atoms in total. The number of nitro benzene ring substituents is 1. The van der Waals surface area contributed by atoms with Crippen LogP contribution in [-0.2, 0) is 11.2 Å².